The number of carboxylic acid groups (broad SMARTS) is 1. The van der Waals surface area contributed by atoms with Crippen molar-refractivity contribution < 1.29 is 19.7 Å². The predicted molar refractivity (Wildman–Crippen MR) is 54.4 cm³/mol. The number of aliphatic carboxylic acids is 1. The number of aliphatic hydroxyl groups is 1. The molecule has 0 aromatic heterocycles. The van der Waals surface area contributed by atoms with Gasteiger partial charge >= 0.3 is 5.97 Å². The molecule has 5 heteroatoms. The molecule has 0 heterocycles. The van der Waals surface area contributed by atoms with Crippen LogP contribution in [-0.2, 0) is 9.53 Å². The molecule has 2 atom stereocenters. The number of carbonyl (C=O) groups is 1. The average molecular weight is 217 g/mol. The number of methoxy groups -OCH3 is 1. The summed E-state index contributed by atoms with van der Waals surface area (Å²) in [6.07, 6.45) is 2.27. The van der Waals surface area contributed by atoms with Gasteiger partial charge in [-0.1, -0.05) is 0 Å². The Kier molecular flexibility index (Phi) is 4.50. The lowest BCUT2D eigenvalue weighted by molar-refractivity contribution is -0.143. The molecule has 4 N–H and O–H groups in total. The van der Waals surface area contributed by atoms with Crippen molar-refractivity contribution in [3.05, 3.63) is 0 Å². The van der Waals surface area contributed by atoms with Crippen molar-refractivity contribution in [3.8, 4) is 0 Å². The van der Waals surface area contributed by atoms with Crippen LogP contribution in [0.25, 0.3) is 0 Å². The largest absolute Gasteiger partial charge is 0.480 e. The molecule has 0 bridgehead atoms. The van der Waals surface area contributed by atoms with Crippen LogP contribution in [-0.4, -0.2) is 41.5 Å². The van der Waals surface area contributed by atoms with E-state index < -0.39 is 18.1 Å². The van der Waals surface area contributed by atoms with E-state index in [1.165, 1.54) is 7.11 Å². The van der Waals surface area contributed by atoms with Crippen LogP contribution in [0.2, 0.25) is 0 Å². The molecule has 0 aromatic rings. The lowest BCUT2D eigenvalue weighted by Crippen LogP contribution is -2.47. The smallest absolute Gasteiger partial charge is 0.323 e. The predicted octanol–water partition coefficient (Wildman–Crippen LogP) is -0.0356. The molecule has 0 amide bonds. The second kappa shape index (κ2) is 5.44. The SMILES string of the molecule is COC(C1CCC(O)CC1)C(N)C(=O)O. The summed E-state index contributed by atoms with van der Waals surface area (Å²) in [6, 6.07) is -0.977. The number of carboxylic acids is 1. The van der Waals surface area contributed by atoms with Crippen LogP contribution in [0.3, 0.4) is 0 Å². The molecular formula is C10H19NO4. The average Bonchev–Trinajstić information content (AvgIpc) is 2.21. The van der Waals surface area contributed by atoms with E-state index in [0.29, 0.717) is 12.8 Å². The first-order valence-electron chi connectivity index (χ1n) is 5.25. The van der Waals surface area contributed by atoms with Crippen molar-refractivity contribution >= 4 is 5.97 Å². The van der Waals surface area contributed by atoms with Crippen LogP contribution < -0.4 is 5.73 Å². The Labute approximate surface area is 89.2 Å². The van der Waals surface area contributed by atoms with Crippen LogP contribution in [0.15, 0.2) is 0 Å². The van der Waals surface area contributed by atoms with Crippen molar-refractivity contribution in [3.63, 3.8) is 0 Å². The third-order valence-electron chi connectivity index (χ3n) is 3.12. The Morgan fingerprint density at radius 3 is 2.33 bits per heavy atom. The topological polar surface area (TPSA) is 92.8 Å². The molecular weight excluding hydrogens is 198 g/mol. The van der Waals surface area contributed by atoms with Crippen LogP contribution in [0, 0.1) is 5.92 Å². The van der Waals surface area contributed by atoms with Gasteiger partial charge in [0.1, 0.15) is 6.04 Å². The lowest BCUT2D eigenvalue weighted by Gasteiger charge is -2.33. The van der Waals surface area contributed by atoms with E-state index in [1.54, 1.807) is 0 Å². The zero-order valence-electron chi connectivity index (χ0n) is 8.93. The van der Waals surface area contributed by atoms with Crippen molar-refractivity contribution in [1.82, 2.24) is 0 Å². The number of ether oxygens (including phenoxy) is 1. The summed E-state index contributed by atoms with van der Waals surface area (Å²) < 4.78 is 5.16. The molecule has 0 saturated heterocycles. The molecule has 1 saturated carbocycles. The van der Waals surface area contributed by atoms with E-state index in [0.717, 1.165) is 12.8 Å². The molecule has 0 aliphatic heterocycles. The molecule has 15 heavy (non-hydrogen) atoms. The summed E-state index contributed by atoms with van der Waals surface area (Å²) in [7, 11) is 1.48. The van der Waals surface area contributed by atoms with Crippen molar-refractivity contribution in [1.29, 1.82) is 0 Å². The Bertz CT molecular complexity index is 213. The van der Waals surface area contributed by atoms with Gasteiger partial charge in [-0.3, -0.25) is 4.79 Å². The Morgan fingerprint density at radius 2 is 1.93 bits per heavy atom. The highest BCUT2D eigenvalue weighted by Gasteiger charge is 2.33. The van der Waals surface area contributed by atoms with E-state index in [-0.39, 0.29) is 12.0 Å². The van der Waals surface area contributed by atoms with Gasteiger partial charge in [0.25, 0.3) is 0 Å². The maximum atomic E-state index is 10.8. The Morgan fingerprint density at radius 1 is 1.40 bits per heavy atom. The zero-order valence-corrected chi connectivity index (χ0v) is 8.93. The number of nitrogens with two attached hydrogens (primary N) is 1. The van der Waals surface area contributed by atoms with Gasteiger partial charge in [0.15, 0.2) is 0 Å². The van der Waals surface area contributed by atoms with Crippen molar-refractivity contribution in [2.24, 2.45) is 11.7 Å². The third-order valence-corrected chi connectivity index (χ3v) is 3.12. The molecule has 1 rings (SSSR count). The molecule has 0 aromatic carbocycles. The van der Waals surface area contributed by atoms with E-state index in [1.807, 2.05) is 0 Å². The van der Waals surface area contributed by atoms with Gasteiger partial charge in [-0.05, 0) is 31.6 Å². The van der Waals surface area contributed by atoms with Crippen LogP contribution in [0.5, 0.6) is 0 Å². The van der Waals surface area contributed by atoms with Crippen LogP contribution in [0.1, 0.15) is 25.7 Å². The van der Waals surface area contributed by atoms with Gasteiger partial charge in [-0.15, -0.1) is 0 Å². The highest BCUT2D eigenvalue weighted by molar-refractivity contribution is 5.74. The highest BCUT2D eigenvalue weighted by Crippen LogP contribution is 2.29. The molecule has 2 unspecified atom stereocenters. The van der Waals surface area contributed by atoms with Gasteiger partial charge in [0, 0.05) is 7.11 Å². The number of rotatable bonds is 4. The van der Waals surface area contributed by atoms with Crippen LogP contribution in [0.4, 0.5) is 0 Å². The third kappa shape index (κ3) is 3.15. The summed E-state index contributed by atoms with van der Waals surface area (Å²) in [4.78, 5) is 10.8. The fraction of sp³-hybridized carbons (Fsp3) is 0.900. The first-order chi connectivity index (χ1) is 7.06. The molecule has 1 aliphatic carbocycles. The lowest BCUT2D eigenvalue weighted by atomic mass is 9.81. The van der Waals surface area contributed by atoms with Gasteiger partial charge in [0.2, 0.25) is 0 Å². The van der Waals surface area contributed by atoms with Crippen molar-refractivity contribution in [2.45, 2.75) is 43.9 Å². The second-order valence-electron chi connectivity index (χ2n) is 4.13. The maximum absolute atomic E-state index is 10.8. The molecule has 1 fully saturated rings. The fourth-order valence-electron chi connectivity index (χ4n) is 2.20. The first-order valence-corrected chi connectivity index (χ1v) is 5.25. The molecule has 1 aliphatic rings. The van der Waals surface area contributed by atoms with Gasteiger partial charge in [-0.2, -0.15) is 0 Å². The Balaban J connectivity index is 2.55. The molecule has 0 spiro atoms. The summed E-state index contributed by atoms with van der Waals surface area (Å²) >= 11 is 0. The molecule has 5 nitrogen and oxygen atoms in total. The summed E-state index contributed by atoms with van der Waals surface area (Å²) in [5, 5.41) is 18.2. The standard InChI is InChI=1S/C10H19NO4/c1-15-9(8(11)10(13)14)6-2-4-7(12)5-3-6/h6-9,12H,2-5,11H2,1H3,(H,13,14). The van der Waals surface area contributed by atoms with Gasteiger partial charge in [-0.25, -0.2) is 0 Å². The molecule has 0 radical (unpaired) electrons. The number of hydrogen-bond donors (Lipinski definition) is 3. The minimum Gasteiger partial charge on any atom is -0.480 e. The highest BCUT2D eigenvalue weighted by atomic mass is 16.5. The maximum Gasteiger partial charge on any atom is 0.323 e. The minimum atomic E-state index is -1.03. The van der Waals surface area contributed by atoms with E-state index in [9.17, 15) is 9.90 Å². The molecule has 88 valence electrons. The monoisotopic (exact) mass is 217 g/mol. The van der Waals surface area contributed by atoms with E-state index in [2.05, 4.69) is 0 Å². The zero-order chi connectivity index (χ0) is 11.4. The van der Waals surface area contributed by atoms with Gasteiger partial charge < -0.3 is 20.7 Å². The quantitative estimate of drug-likeness (QED) is 0.614. The van der Waals surface area contributed by atoms with Gasteiger partial charge in [0.05, 0.1) is 12.2 Å². The number of hydrogen-bond acceptors (Lipinski definition) is 4. The van der Waals surface area contributed by atoms with E-state index >= 15 is 0 Å². The summed E-state index contributed by atoms with van der Waals surface area (Å²) in [5.74, 6) is -0.891. The van der Waals surface area contributed by atoms with E-state index in [4.69, 9.17) is 15.6 Å². The second-order valence-corrected chi connectivity index (χ2v) is 4.13. The number of aliphatic hydroxyl groups excluding tert-OH is 1. The summed E-state index contributed by atoms with van der Waals surface area (Å²) in [5.41, 5.74) is 5.55. The minimum absolute atomic E-state index is 0.143. The Hall–Kier alpha value is -0.650. The van der Waals surface area contributed by atoms with Crippen molar-refractivity contribution in [2.75, 3.05) is 7.11 Å². The normalized spacial score (nSPS) is 30.9. The summed E-state index contributed by atoms with van der Waals surface area (Å²) in [6.45, 7) is 0. The fourth-order valence-corrected chi connectivity index (χ4v) is 2.20. The first kappa shape index (κ1) is 12.4. The van der Waals surface area contributed by atoms with Crippen LogP contribution >= 0.6 is 0 Å².